The minimum absolute atomic E-state index is 0.0423. The van der Waals surface area contributed by atoms with Gasteiger partial charge in [0.1, 0.15) is 0 Å². The van der Waals surface area contributed by atoms with E-state index in [-0.39, 0.29) is 11.3 Å². The van der Waals surface area contributed by atoms with Gasteiger partial charge in [0.05, 0.1) is 12.6 Å². The highest BCUT2D eigenvalue weighted by Gasteiger charge is 2.34. The van der Waals surface area contributed by atoms with Gasteiger partial charge < -0.3 is 10.6 Å². The molecule has 0 saturated heterocycles. The van der Waals surface area contributed by atoms with Crippen molar-refractivity contribution in [2.24, 2.45) is 11.1 Å². The molecule has 0 aliphatic heterocycles. The molecule has 3 nitrogen and oxygen atoms in total. The number of nitrogens with two attached hydrogens (primary N) is 1. The van der Waals surface area contributed by atoms with Crippen LogP contribution in [0.1, 0.15) is 52.5 Å². The van der Waals surface area contributed by atoms with E-state index in [4.69, 9.17) is 5.73 Å². The third-order valence-electron chi connectivity index (χ3n) is 4.81. The molecule has 22 heavy (non-hydrogen) atoms. The maximum absolute atomic E-state index is 12.6. The minimum Gasteiger partial charge on any atom is -0.320 e. The molecular weight excluding hydrogens is 272 g/mol. The third-order valence-corrected chi connectivity index (χ3v) is 4.81. The Balaban J connectivity index is 3.15. The highest BCUT2D eigenvalue weighted by Crippen LogP contribution is 2.40. The van der Waals surface area contributed by atoms with Crippen LogP contribution in [0.2, 0.25) is 0 Å². The molecule has 0 heterocycles. The molecule has 0 bridgehead atoms. The standard InChI is InChI=1S/C19H30N2O/c1-6-19(7-2,8-3)16(5)21(18(22)15(4)20)14-17-12-10-9-11-13-17/h9-13,15H,5-8,14,20H2,1-4H3. The van der Waals surface area contributed by atoms with Crippen LogP contribution < -0.4 is 5.73 Å². The van der Waals surface area contributed by atoms with Crippen LogP contribution >= 0.6 is 0 Å². The molecule has 1 amide bonds. The predicted molar refractivity (Wildman–Crippen MR) is 93.1 cm³/mol. The molecular formula is C19H30N2O. The van der Waals surface area contributed by atoms with Crippen molar-refractivity contribution >= 4 is 5.91 Å². The summed E-state index contributed by atoms with van der Waals surface area (Å²) < 4.78 is 0. The van der Waals surface area contributed by atoms with Gasteiger partial charge in [0.2, 0.25) is 5.91 Å². The van der Waals surface area contributed by atoms with Crippen LogP contribution in [-0.2, 0) is 11.3 Å². The largest absolute Gasteiger partial charge is 0.320 e. The van der Waals surface area contributed by atoms with Gasteiger partial charge in [-0.05, 0) is 31.7 Å². The third kappa shape index (κ3) is 3.98. The molecule has 1 unspecified atom stereocenters. The molecule has 3 heteroatoms. The zero-order valence-electron chi connectivity index (χ0n) is 14.4. The van der Waals surface area contributed by atoms with Crippen molar-refractivity contribution in [2.45, 2.75) is 59.5 Å². The van der Waals surface area contributed by atoms with E-state index in [1.807, 2.05) is 30.3 Å². The number of carbonyl (C=O) groups excluding carboxylic acids is 1. The van der Waals surface area contributed by atoms with Gasteiger partial charge in [-0.25, -0.2) is 0 Å². The zero-order chi connectivity index (χ0) is 16.8. The van der Waals surface area contributed by atoms with Crippen molar-refractivity contribution in [1.82, 2.24) is 4.90 Å². The summed E-state index contributed by atoms with van der Waals surface area (Å²) in [6, 6.07) is 9.48. The molecule has 0 fully saturated rings. The van der Waals surface area contributed by atoms with Crippen molar-refractivity contribution in [3.8, 4) is 0 Å². The van der Waals surface area contributed by atoms with Crippen LogP contribution in [-0.4, -0.2) is 16.8 Å². The van der Waals surface area contributed by atoms with Crippen LogP contribution in [0.15, 0.2) is 42.6 Å². The minimum atomic E-state index is -0.524. The Morgan fingerprint density at radius 1 is 1.18 bits per heavy atom. The van der Waals surface area contributed by atoms with Crippen LogP contribution in [0.4, 0.5) is 0 Å². The Kier molecular flexibility index (Phi) is 6.82. The second-order valence-corrected chi connectivity index (χ2v) is 5.99. The van der Waals surface area contributed by atoms with E-state index in [2.05, 4.69) is 27.4 Å². The predicted octanol–water partition coefficient (Wildman–Crippen LogP) is 4.09. The Morgan fingerprint density at radius 2 is 1.68 bits per heavy atom. The molecule has 0 aliphatic rings. The van der Waals surface area contributed by atoms with Crippen molar-refractivity contribution in [2.75, 3.05) is 0 Å². The lowest BCUT2D eigenvalue weighted by Crippen LogP contribution is -2.44. The van der Waals surface area contributed by atoms with Crippen LogP contribution in [0.3, 0.4) is 0 Å². The highest BCUT2D eigenvalue weighted by molar-refractivity contribution is 5.83. The lowest BCUT2D eigenvalue weighted by Gasteiger charge is -2.40. The van der Waals surface area contributed by atoms with E-state index in [1.165, 1.54) is 0 Å². The number of hydrogen-bond donors (Lipinski definition) is 1. The van der Waals surface area contributed by atoms with Crippen molar-refractivity contribution < 1.29 is 4.79 Å². The zero-order valence-corrected chi connectivity index (χ0v) is 14.4. The van der Waals surface area contributed by atoms with Crippen LogP contribution in [0, 0.1) is 5.41 Å². The molecule has 0 radical (unpaired) electrons. The number of rotatable bonds is 8. The number of amides is 1. The summed E-state index contributed by atoms with van der Waals surface area (Å²) >= 11 is 0. The first-order valence-electron chi connectivity index (χ1n) is 8.22. The number of hydrogen-bond acceptors (Lipinski definition) is 2. The molecule has 0 aliphatic carbocycles. The smallest absolute Gasteiger partial charge is 0.243 e. The highest BCUT2D eigenvalue weighted by atomic mass is 16.2. The van der Waals surface area contributed by atoms with Crippen molar-refractivity contribution in [1.29, 1.82) is 0 Å². The second-order valence-electron chi connectivity index (χ2n) is 5.99. The molecule has 0 spiro atoms. The first kappa shape index (κ1) is 18.4. The lowest BCUT2D eigenvalue weighted by atomic mass is 9.76. The Morgan fingerprint density at radius 3 is 2.09 bits per heavy atom. The van der Waals surface area contributed by atoms with Gasteiger partial charge in [-0.3, -0.25) is 4.79 Å². The summed E-state index contributed by atoms with van der Waals surface area (Å²) in [5.41, 5.74) is 7.81. The quantitative estimate of drug-likeness (QED) is 0.786. The van der Waals surface area contributed by atoms with E-state index in [1.54, 1.807) is 11.8 Å². The average molecular weight is 302 g/mol. The van der Waals surface area contributed by atoms with Gasteiger partial charge in [0.15, 0.2) is 0 Å². The summed E-state index contributed by atoms with van der Waals surface area (Å²) in [6.45, 7) is 13.0. The Bertz CT molecular complexity index is 481. The van der Waals surface area contributed by atoms with E-state index in [0.717, 1.165) is 30.5 Å². The van der Waals surface area contributed by atoms with Crippen molar-refractivity contribution in [3.63, 3.8) is 0 Å². The fraction of sp³-hybridized carbons (Fsp3) is 0.526. The maximum Gasteiger partial charge on any atom is 0.243 e. The molecule has 1 atom stereocenters. The van der Waals surface area contributed by atoms with Gasteiger partial charge in [0, 0.05) is 11.1 Å². The van der Waals surface area contributed by atoms with Gasteiger partial charge in [0.25, 0.3) is 0 Å². The van der Waals surface area contributed by atoms with Gasteiger partial charge in [-0.2, -0.15) is 0 Å². The monoisotopic (exact) mass is 302 g/mol. The first-order valence-corrected chi connectivity index (χ1v) is 8.22. The SMILES string of the molecule is C=C(N(Cc1ccccc1)C(=O)C(C)N)C(CC)(CC)CC. The molecule has 2 N–H and O–H groups in total. The molecule has 122 valence electrons. The summed E-state index contributed by atoms with van der Waals surface area (Å²) in [4.78, 5) is 14.4. The summed E-state index contributed by atoms with van der Waals surface area (Å²) in [5, 5.41) is 0. The molecule has 0 saturated carbocycles. The number of benzene rings is 1. The summed E-state index contributed by atoms with van der Waals surface area (Å²) in [7, 11) is 0. The molecule has 1 rings (SSSR count). The van der Waals surface area contributed by atoms with E-state index < -0.39 is 6.04 Å². The molecule has 0 aromatic heterocycles. The number of nitrogens with zero attached hydrogens (tertiary/aromatic N) is 1. The normalized spacial score (nSPS) is 12.8. The maximum atomic E-state index is 12.6. The second kappa shape index (κ2) is 8.14. The lowest BCUT2D eigenvalue weighted by molar-refractivity contribution is -0.131. The Hall–Kier alpha value is -1.61. The number of carbonyl (C=O) groups is 1. The van der Waals surface area contributed by atoms with Gasteiger partial charge in [-0.1, -0.05) is 57.7 Å². The van der Waals surface area contributed by atoms with E-state index in [0.29, 0.717) is 6.54 Å². The number of allylic oxidation sites excluding steroid dienone is 1. The van der Waals surface area contributed by atoms with Gasteiger partial charge >= 0.3 is 0 Å². The fourth-order valence-electron chi connectivity index (χ4n) is 2.97. The Labute approximate surface area is 135 Å². The van der Waals surface area contributed by atoms with E-state index in [9.17, 15) is 4.79 Å². The van der Waals surface area contributed by atoms with E-state index >= 15 is 0 Å². The van der Waals surface area contributed by atoms with Crippen LogP contribution in [0.5, 0.6) is 0 Å². The first-order chi connectivity index (χ1) is 10.4. The molecule has 1 aromatic carbocycles. The molecule has 1 aromatic rings. The van der Waals surface area contributed by atoms with Crippen molar-refractivity contribution in [3.05, 3.63) is 48.2 Å². The average Bonchev–Trinajstić information content (AvgIpc) is 2.54. The topological polar surface area (TPSA) is 46.3 Å². The fourth-order valence-corrected chi connectivity index (χ4v) is 2.97. The summed E-state index contributed by atoms with van der Waals surface area (Å²) in [6.07, 6.45) is 2.91. The summed E-state index contributed by atoms with van der Waals surface area (Å²) in [5.74, 6) is -0.0615. The van der Waals surface area contributed by atoms with Crippen LogP contribution in [0.25, 0.3) is 0 Å². The van der Waals surface area contributed by atoms with Gasteiger partial charge in [-0.15, -0.1) is 0 Å².